The van der Waals surface area contributed by atoms with Crippen molar-refractivity contribution in [2.24, 2.45) is 0 Å². The highest BCUT2D eigenvalue weighted by molar-refractivity contribution is 5.77. The first-order valence-electron chi connectivity index (χ1n) is 6.17. The van der Waals surface area contributed by atoms with E-state index in [1.807, 2.05) is 34.6 Å². The van der Waals surface area contributed by atoms with Gasteiger partial charge in [-0.3, -0.25) is 0 Å². The summed E-state index contributed by atoms with van der Waals surface area (Å²) in [6.45, 7) is 9.96. The van der Waals surface area contributed by atoms with Crippen LogP contribution in [-0.4, -0.2) is 35.6 Å². The number of hydrogen-bond donors (Lipinski definition) is 0. The molecule has 102 valence electrons. The molecule has 0 saturated heterocycles. The highest BCUT2D eigenvalue weighted by Crippen LogP contribution is 2.22. The molecule has 0 aliphatic rings. The van der Waals surface area contributed by atoms with Crippen LogP contribution in [0, 0.1) is 0 Å². The van der Waals surface area contributed by atoms with Gasteiger partial charge in [-0.25, -0.2) is 14.8 Å². The third-order valence-corrected chi connectivity index (χ3v) is 2.61. The molecule has 0 aliphatic carbocycles. The normalized spacial score (nSPS) is 12.1. The number of carbonyl (C=O) groups is 1. The summed E-state index contributed by atoms with van der Waals surface area (Å²) in [5, 5.41) is 8.14. The van der Waals surface area contributed by atoms with Gasteiger partial charge in [0.25, 0.3) is 0 Å². The maximum atomic E-state index is 12.3. The van der Waals surface area contributed by atoms with Crippen LogP contribution >= 0.6 is 0 Å². The van der Waals surface area contributed by atoms with Crippen LogP contribution in [0.25, 0.3) is 0 Å². The van der Waals surface area contributed by atoms with Gasteiger partial charge in [0, 0.05) is 11.3 Å². The van der Waals surface area contributed by atoms with Crippen LogP contribution in [-0.2, 0) is 5.41 Å². The molecular weight excluding hydrogens is 244 g/mol. The highest BCUT2D eigenvalue weighted by Gasteiger charge is 2.27. The summed E-state index contributed by atoms with van der Waals surface area (Å²) < 4.78 is 2.46. The molecule has 0 amide bonds. The summed E-state index contributed by atoms with van der Waals surface area (Å²) in [6.07, 6.45) is 2.67. The van der Waals surface area contributed by atoms with E-state index in [2.05, 4.69) is 20.2 Å². The van der Waals surface area contributed by atoms with Crippen molar-refractivity contribution in [2.75, 3.05) is 0 Å². The minimum absolute atomic E-state index is 0.158. The molecule has 7 heteroatoms. The predicted molar refractivity (Wildman–Crippen MR) is 69.0 cm³/mol. The van der Waals surface area contributed by atoms with Crippen molar-refractivity contribution in [3.8, 4) is 0 Å². The molecule has 0 saturated carbocycles. The molecule has 0 radical (unpaired) electrons. The maximum Gasteiger partial charge on any atom is 0.372 e. The Morgan fingerprint density at radius 3 is 2.47 bits per heavy atom. The Morgan fingerprint density at radius 2 is 2.00 bits per heavy atom. The lowest BCUT2D eigenvalue weighted by atomic mass is 9.96. The number of nitrogens with zero attached hydrogens (tertiary/aromatic N) is 6. The molecule has 0 unspecified atom stereocenters. The second-order valence-electron chi connectivity index (χ2n) is 5.73. The molecule has 0 fully saturated rings. The van der Waals surface area contributed by atoms with Gasteiger partial charge in [-0.15, -0.1) is 5.10 Å². The van der Waals surface area contributed by atoms with Crippen LogP contribution < -0.4 is 0 Å². The predicted octanol–water partition coefficient (Wildman–Crippen LogP) is 1.81. The zero-order chi connectivity index (χ0) is 14.2. The first-order valence-corrected chi connectivity index (χ1v) is 6.17. The van der Waals surface area contributed by atoms with Gasteiger partial charge in [0.1, 0.15) is 18.5 Å². The molecule has 7 nitrogen and oxygen atoms in total. The topological polar surface area (TPSA) is 78.5 Å². The third kappa shape index (κ3) is 2.54. The Bertz CT molecular complexity index is 576. The first kappa shape index (κ1) is 13.4. The lowest BCUT2D eigenvalue weighted by Gasteiger charge is -2.16. The molecule has 0 spiro atoms. The minimum atomic E-state index is -0.373. The Balaban J connectivity index is 2.52. The molecule has 2 rings (SSSR count). The largest absolute Gasteiger partial charge is 0.372 e. The number of aromatic nitrogens is 6. The molecule has 0 aliphatic heterocycles. The van der Waals surface area contributed by atoms with E-state index in [0.717, 1.165) is 4.68 Å². The molecule has 0 aromatic carbocycles. The molecule has 0 N–H and O–H groups in total. The lowest BCUT2D eigenvalue weighted by Crippen LogP contribution is -2.28. The minimum Gasteiger partial charge on any atom is -0.243 e. The maximum absolute atomic E-state index is 12.3. The Morgan fingerprint density at radius 1 is 1.32 bits per heavy atom. The number of rotatable bonds is 1. The van der Waals surface area contributed by atoms with Crippen molar-refractivity contribution in [1.82, 2.24) is 29.5 Å². The van der Waals surface area contributed by atoms with E-state index in [1.54, 1.807) is 0 Å². The van der Waals surface area contributed by atoms with Crippen molar-refractivity contribution < 1.29 is 4.79 Å². The number of carbonyl (C=O) groups excluding carboxylic acids is 1. The summed E-state index contributed by atoms with van der Waals surface area (Å²) in [5.74, 6) is 1.43. The van der Waals surface area contributed by atoms with Gasteiger partial charge in [-0.2, -0.15) is 14.5 Å². The van der Waals surface area contributed by atoms with E-state index < -0.39 is 0 Å². The molecule has 19 heavy (non-hydrogen) atoms. The summed E-state index contributed by atoms with van der Waals surface area (Å²) in [5.41, 5.74) is -0.281. The highest BCUT2D eigenvalue weighted by atomic mass is 16.2. The van der Waals surface area contributed by atoms with Crippen LogP contribution in [0.4, 0.5) is 4.79 Å². The zero-order valence-electron chi connectivity index (χ0n) is 11.8. The van der Waals surface area contributed by atoms with Gasteiger partial charge in [0.15, 0.2) is 5.82 Å². The summed E-state index contributed by atoms with van der Waals surface area (Å²) in [4.78, 5) is 20.6. The third-order valence-electron chi connectivity index (χ3n) is 2.61. The fourth-order valence-electron chi connectivity index (χ4n) is 1.60. The molecule has 0 bridgehead atoms. The van der Waals surface area contributed by atoms with Crippen LogP contribution in [0.3, 0.4) is 0 Å². The van der Waals surface area contributed by atoms with Crippen LogP contribution in [0.15, 0.2) is 12.7 Å². The summed E-state index contributed by atoms with van der Waals surface area (Å²) in [6, 6.07) is -0.373. The smallest absolute Gasteiger partial charge is 0.243 e. The van der Waals surface area contributed by atoms with Gasteiger partial charge in [0.05, 0.1) is 0 Å². The van der Waals surface area contributed by atoms with E-state index in [0.29, 0.717) is 11.6 Å². The van der Waals surface area contributed by atoms with Gasteiger partial charge in [0.2, 0.25) is 0 Å². The van der Waals surface area contributed by atoms with Crippen LogP contribution in [0.5, 0.6) is 0 Å². The van der Waals surface area contributed by atoms with E-state index in [1.165, 1.54) is 17.3 Å². The van der Waals surface area contributed by atoms with Crippen molar-refractivity contribution >= 4 is 6.03 Å². The van der Waals surface area contributed by atoms with Gasteiger partial charge in [-0.05, 0) is 0 Å². The molecular formula is C12H18N6O. The lowest BCUT2D eigenvalue weighted by molar-refractivity contribution is 0.235. The second kappa shape index (κ2) is 4.56. The van der Waals surface area contributed by atoms with Gasteiger partial charge >= 0.3 is 6.03 Å². The Kier molecular flexibility index (Phi) is 3.21. The van der Waals surface area contributed by atoms with E-state index >= 15 is 0 Å². The zero-order valence-corrected chi connectivity index (χ0v) is 11.8. The van der Waals surface area contributed by atoms with Crippen LogP contribution in [0.2, 0.25) is 0 Å². The molecule has 2 heterocycles. The number of hydrogen-bond acceptors (Lipinski definition) is 5. The average molecular weight is 262 g/mol. The van der Waals surface area contributed by atoms with Gasteiger partial charge < -0.3 is 0 Å². The fourth-order valence-corrected chi connectivity index (χ4v) is 1.60. The summed E-state index contributed by atoms with van der Waals surface area (Å²) in [7, 11) is 0. The average Bonchev–Trinajstić information content (AvgIpc) is 2.96. The molecule has 2 aromatic heterocycles. The van der Waals surface area contributed by atoms with Crippen LogP contribution in [0.1, 0.15) is 52.2 Å². The van der Waals surface area contributed by atoms with Crippen molar-refractivity contribution in [2.45, 2.75) is 46.0 Å². The van der Waals surface area contributed by atoms with Crippen molar-refractivity contribution in [3.05, 3.63) is 24.3 Å². The molecule has 2 aromatic rings. The first-order chi connectivity index (χ1) is 8.80. The van der Waals surface area contributed by atoms with E-state index in [4.69, 9.17) is 0 Å². The van der Waals surface area contributed by atoms with E-state index in [-0.39, 0.29) is 17.4 Å². The van der Waals surface area contributed by atoms with Gasteiger partial charge in [-0.1, -0.05) is 34.6 Å². The fraction of sp³-hybridized carbons (Fsp3) is 0.583. The van der Waals surface area contributed by atoms with Crippen molar-refractivity contribution in [3.63, 3.8) is 0 Å². The Hall–Kier alpha value is -2.05. The van der Waals surface area contributed by atoms with E-state index in [9.17, 15) is 4.79 Å². The summed E-state index contributed by atoms with van der Waals surface area (Å²) >= 11 is 0. The SMILES string of the molecule is CC(C)c1nc(C(C)(C)C)n(C(=O)n2cncn2)n1. The molecule has 0 atom stereocenters. The standard InChI is InChI=1S/C12H18N6O/c1-8(2)9-15-10(12(3,4)5)18(16-9)11(19)17-7-13-6-14-17/h6-8H,1-5H3. The van der Waals surface area contributed by atoms with Crippen molar-refractivity contribution in [1.29, 1.82) is 0 Å². The monoisotopic (exact) mass is 262 g/mol. The quantitative estimate of drug-likeness (QED) is 0.783. The second-order valence-corrected chi connectivity index (χ2v) is 5.73. The Labute approximate surface area is 111 Å².